The highest BCUT2D eigenvalue weighted by Gasteiger charge is 2.28. The standard InChI is InChI=1S/C17H19BrN2O3/c1-10-8-20(9-11(2)22-10)17(21)16-6-5-15(23-16)13-4-3-12(19)7-14(13)18/h3-7,10-11H,8-9,19H2,1-2H3/t10-,11-/m1/s1. The second kappa shape index (κ2) is 6.37. The van der Waals surface area contributed by atoms with Gasteiger partial charge in [-0.1, -0.05) is 0 Å². The molecule has 5 nitrogen and oxygen atoms in total. The van der Waals surface area contributed by atoms with Crippen LogP contribution in [0.5, 0.6) is 0 Å². The fourth-order valence-electron chi connectivity index (χ4n) is 2.83. The second-order valence-electron chi connectivity index (χ2n) is 5.87. The van der Waals surface area contributed by atoms with Crippen molar-refractivity contribution < 1.29 is 13.9 Å². The van der Waals surface area contributed by atoms with E-state index in [1.807, 2.05) is 26.0 Å². The summed E-state index contributed by atoms with van der Waals surface area (Å²) in [5.41, 5.74) is 7.28. The molecule has 1 amide bonds. The van der Waals surface area contributed by atoms with Crippen molar-refractivity contribution in [2.24, 2.45) is 0 Å². The van der Waals surface area contributed by atoms with Crippen LogP contribution in [0.15, 0.2) is 39.2 Å². The van der Waals surface area contributed by atoms with Crippen molar-refractivity contribution in [3.63, 3.8) is 0 Å². The molecule has 0 saturated carbocycles. The van der Waals surface area contributed by atoms with Crippen LogP contribution in [0, 0.1) is 0 Å². The Balaban J connectivity index is 1.82. The van der Waals surface area contributed by atoms with Gasteiger partial charge in [0, 0.05) is 28.8 Å². The van der Waals surface area contributed by atoms with Crippen LogP contribution in [-0.4, -0.2) is 36.1 Å². The maximum atomic E-state index is 12.6. The summed E-state index contributed by atoms with van der Waals surface area (Å²) in [4.78, 5) is 14.4. The molecule has 2 aromatic rings. The number of ether oxygens (including phenoxy) is 1. The normalized spacial score (nSPS) is 21.4. The highest BCUT2D eigenvalue weighted by molar-refractivity contribution is 9.10. The molecule has 1 aromatic carbocycles. The molecule has 23 heavy (non-hydrogen) atoms. The SMILES string of the molecule is C[C@@H]1CN(C(=O)c2ccc(-c3ccc(N)cc3Br)o2)C[C@@H](C)O1. The number of hydrogen-bond donors (Lipinski definition) is 1. The van der Waals surface area contributed by atoms with E-state index in [-0.39, 0.29) is 18.1 Å². The molecule has 0 spiro atoms. The summed E-state index contributed by atoms with van der Waals surface area (Å²) in [6, 6.07) is 8.99. The number of nitrogens with two attached hydrogens (primary N) is 1. The number of morpholine rings is 1. The van der Waals surface area contributed by atoms with Gasteiger partial charge in [0.2, 0.25) is 0 Å². The van der Waals surface area contributed by atoms with Gasteiger partial charge in [0.15, 0.2) is 5.76 Å². The lowest BCUT2D eigenvalue weighted by Crippen LogP contribution is -2.48. The number of halogens is 1. The number of carbonyl (C=O) groups excluding carboxylic acids is 1. The average Bonchev–Trinajstić information content (AvgIpc) is 2.95. The van der Waals surface area contributed by atoms with Crippen molar-refractivity contribution >= 4 is 27.5 Å². The summed E-state index contributed by atoms with van der Waals surface area (Å²) in [6.45, 7) is 5.08. The van der Waals surface area contributed by atoms with Gasteiger partial charge in [-0.25, -0.2) is 0 Å². The first-order valence-electron chi connectivity index (χ1n) is 7.54. The van der Waals surface area contributed by atoms with Crippen LogP contribution in [0.25, 0.3) is 11.3 Å². The number of furan rings is 1. The number of rotatable bonds is 2. The number of hydrogen-bond acceptors (Lipinski definition) is 4. The van der Waals surface area contributed by atoms with Gasteiger partial charge in [-0.3, -0.25) is 4.79 Å². The van der Waals surface area contributed by atoms with Gasteiger partial charge in [0.1, 0.15) is 5.76 Å². The van der Waals surface area contributed by atoms with E-state index in [1.54, 1.807) is 23.1 Å². The van der Waals surface area contributed by atoms with Crippen LogP contribution in [0.1, 0.15) is 24.4 Å². The minimum absolute atomic E-state index is 0.0309. The van der Waals surface area contributed by atoms with E-state index in [2.05, 4.69) is 15.9 Å². The van der Waals surface area contributed by atoms with Crippen LogP contribution < -0.4 is 5.73 Å². The van der Waals surface area contributed by atoms with Crippen molar-refractivity contribution in [1.29, 1.82) is 0 Å². The van der Waals surface area contributed by atoms with E-state index < -0.39 is 0 Å². The second-order valence-corrected chi connectivity index (χ2v) is 6.72. The first kappa shape index (κ1) is 16.1. The quantitative estimate of drug-likeness (QED) is 0.811. The fraction of sp³-hybridized carbons (Fsp3) is 0.353. The molecule has 3 rings (SSSR count). The summed E-state index contributed by atoms with van der Waals surface area (Å²) < 4.78 is 12.3. The van der Waals surface area contributed by atoms with Gasteiger partial charge in [-0.05, 0) is 60.1 Å². The Morgan fingerprint density at radius 1 is 1.22 bits per heavy atom. The zero-order valence-electron chi connectivity index (χ0n) is 13.1. The molecular weight excluding hydrogens is 360 g/mol. The van der Waals surface area contributed by atoms with Crippen LogP contribution in [0.2, 0.25) is 0 Å². The Bertz CT molecular complexity index is 718. The topological polar surface area (TPSA) is 68.7 Å². The molecule has 1 saturated heterocycles. The predicted molar refractivity (Wildman–Crippen MR) is 92.2 cm³/mol. The molecule has 0 aliphatic carbocycles. The highest BCUT2D eigenvalue weighted by Crippen LogP contribution is 2.31. The van der Waals surface area contributed by atoms with Gasteiger partial charge in [0.25, 0.3) is 5.91 Å². The third kappa shape index (κ3) is 3.43. The first-order chi connectivity index (χ1) is 10.9. The maximum Gasteiger partial charge on any atom is 0.289 e. The monoisotopic (exact) mass is 378 g/mol. The third-order valence-corrected chi connectivity index (χ3v) is 4.44. The number of amides is 1. The molecule has 2 atom stereocenters. The van der Waals surface area contributed by atoms with Gasteiger partial charge < -0.3 is 19.8 Å². The van der Waals surface area contributed by atoms with Crippen molar-refractivity contribution in [3.8, 4) is 11.3 Å². The van der Waals surface area contributed by atoms with Gasteiger partial charge in [-0.2, -0.15) is 0 Å². The maximum absolute atomic E-state index is 12.6. The third-order valence-electron chi connectivity index (χ3n) is 3.78. The van der Waals surface area contributed by atoms with Crippen molar-refractivity contribution in [2.45, 2.75) is 26.1 Å². The summed E-state index contributed by atoms with van der Waals surface area (Å²) in [6.07, 6.45) is 0.0618. The highest BCUT2D eigenvalue weighted by atomic mass is 79.9. The fourth-order valence-corrected chi connectivity index (χ4v) is 3.42. The van der Waals surface area contributed by atoms with Gasteiger partial charge >= 0.3 is 0 Å². The molecule has 1 aliphatic rings. The Kier molecular flexibility index (Phi) is 4.46. The molecule has 2 heterocycles. The number of anilines is 1. The number of carbonyl (C=O) groups is 1. The Morgan fingerprint density at radius 3 is 2.57 bits per heavy atom. The molecule has 0 bridgehead atoms. The molecule has 2 N–H and O–H groups in total. The Labute approximate surface area is 143 Å². The largest absolute Gasteiger partial charge is 0.451 e. The molecule has 0 radical (unpaired) electrons. The van der Waals surface area contributed by atoms with E-state index in [9.17, 15) is 4.79 Å². The number of nitrogens with zero attached hydrogens (tertiary/aromatic N) is 1. The summed E-state index contributed by atoms with van der Waals surface area (Å²) in [7, 11) is 0. The zero-order valence-corrected chi connectivity index (χ0v) is 14.7. The minimum Gasteiger partial charge on any atom is -0.451 e. The van der Waals surface area contributed by atoms with E-state index >= 15 is 0 Å². The minimum atomic E-state index is -0.107. The Morgan fingerprint density at radius 2 is 1.91 bits per heavy atom. The van der Waals surface area contributed by atoms with E-state index in [4.69, 9.17) is 14.9 Å². The molecule has 0 unspecified atom stereocenters. The van der Waals surface area contributed by atoms with E-state index in [1.165, 1.54) is 0 Å². The molecule has 1 aromatic heterocycles. The molecule has 1 aliphatic heterocycles. The number of benzene rings is 1. The zero-order chi connectivity index (χ0) is 16.6. The van der Waals surface area contributed by atoms with E-state index in [0.717, 1.165) is 10.0 Å². The lowest BCUT2D eigenvalue weighted by Gasteiger charge is -2.34. The lowest BCUT2D eigenvalue weighted by atomic mass is 10.1. The molecular formula is C17H19BrN2O3. The number of nitrogen functional groups attached to an aromatic ring is 1. The van der Waals surface area contributed by atoms with Gasteiger partial charge in [-0.15, -0.1) is 0 Å². The molecule has 1 fully saturated rings. The summed E-state index contributed by atoms with van der Waals surface area (Å²) >= 11 is 3.47. The lowest BCUT2D eigenvalue weighted by molar-refractivity contribution is -0.0592. The molecule has 6 heteroatoms. The van der Waals surface area contributed by atoms with Crippen molar-refractivity contribution in [1.82, 2.24) is 4.90 Å². The van der Waals surface area contributed by atoms with Crippen LogP contribution in [-0.2, 0) is 4.74 Å². The first-order valence-corrected chi connectivity index (χ1v) is 8.33. The van der Waals surface area contributed by atoms with E-state index in [0.29, 0.717) is 30.3 Å². The average molecular weight is 379 g/mol. The van der Waals surface area contributed by atoms with Crippen LogP contribution in [0.3, 0.4) is 0 Å². The molecule has 122 valence electrons. The Hall–Kier alpha value is -1.79. The van der Waals surface area contributed by atoms with Crippen LogP contribution >= 0.6 is 15.9 Å². The van der Waals surface area contributed by atoms with Gasteiger partial charge in [0.05, 0.1) is 12.2 Å². The smallest absolute Gasteiger partial charge is 0.289 e. The van der Waals surface area contributed by atoms with Crippen LogP contribution in [0.4, 0.5) is 5.69 Å². The summed E-state index contributed by atoms with van der Waals surface area (Å²) in [5.74, 6) is 0.865. The predicted octanol–water partition coefficient (Wildman–Crippen LogP) is 3.54. The van der Waals surface area contributed by atoms with Crippen molar-refractivity contribution in [3.05, 3.63) is 40.6 Å². The van der Waals surface area contributed by atoms with Crippen molar-refractivity contribution in [2.75, 3.05) is 18.8 Å². The summed E-state index contributed by atoms with van der Waals surface area (Å²) in [5, 5.41) is 0.